The highest BCUT2D eigenvalue weighted by atomic mass is 32.2. The van der Waals surface area contributed by atoms with E-state index in [-0.39, 0.29) is 67.8 Å². The Hall–Kier alpha value is -8.41. The van der Waals surface area contributed by atoms with E-state index >= 15 is 0 Å². The number of ether oxygens (including phenoxy) is 10. The number of esters is 4. The number of amides is 1. The summed E-state index contributed by atoms with van der Waals surface area (Å²) in [6.07, 6.45) is 20.5. The Bertz CT molecular complexity index is 4310. The Kier molecular flexibility index (Phi) is 24.3. The molecule has 4 unspecified atom stereocenters. The van der Waals surface area contributed by atoms with Crippen molar-refractivity contribution in [2.75, 3.05) is 65.6 Å². The Morgan fingerprint density at radius 3 is 1.42 bits per heavy atom. The van der Waals surface area contributed by atoms with Crippen LogP contribution in [0.4, 0.5) is 0 Å². The third-order valence-corrected chi connectivity index (χ3v) is 26.3. The number of aryl methyl sites for hydroxylation is 2. The number of hydrogen-bond donors (Lipinski definition) is 4. The summed E-state index contributed by atoms with van der Waals surface area (Å²) in [6.45, 7) is 21.0. The maximum atomic E-state index is 14.1. The van der Waals surface area contributed by atoms with Crippen LogP contribution in [0.2, 0.25) is 0 Å². The molecule has 584 valence electrons. The fourth-order valence-electron chi connectivity index (χ4n) is 19.1. The van der Waals surface area contributed by atoms with E-state index in [1.165, 1.54) is 109 Å². The number of nitriles is 2. The number of unbranched alkanes of at least 4 members (excludes halogenated alkanes) is 12. The quantitative estimate of drug-likeness (QED) is 0.0232. The molecule has 8 bridgehead atoms. The number of cyclic esters (lactones) is 2. The molecule has 0 aliphatic carbocycles. The second-order valence-electron chi connectivity index (χ2n) is 30.1. The average molecular weight is 1540 g/mol. The van der Waals surface area contributed by atoms with Gasteiger partial charge in [0.15, 0.2) is 46.0 Å². The summed E-state index contributed by atoms with van der Waals surface area (Å²) < 4.78 is 59.9. The van der Waals surface area contributed by atoms with Crippen molar-refractivity contribution in [3.8, 4) is 69.6 Å². The Morgan fingerprint density at radius 1 is 0.596 bits per heavy atom. The third-order valence-electron chi connectivity index (χ3n) is 23.5. The summed E-state index contributed by atoms with van der Waals surface area (Å²) in [5.74, 6) is 1.32. The highest BCUT2D eigenvalue weighted by molar-refractivity contribution is 7.99. The minimum Gasteiger partial charge on any atom is -0.504 e. The Labute approximate surface area is 646 Å². The largest absolute Gasteiger partial charge is 0.504 e. The van der Waals surface area contributed by atoms with Gasteiger partial charge in [0.25, 0.3) is 0 Å². The number of nitrogens with one attached hydrogen (secondary N) is 1. The summed E-state index contributed by atoms with van der Waals surface area (Å²) >= 11 is 2.87. The number of benzene rings is 4. The number of phenolic OH excluding ortho intramolecular Hbond substituents is 2. The van der Waals surface area contributed by atoms with E-state index in [1.807, 2.05) is 45.9 Å². The zero-order valence-corrected chi connectivity index (χ0v) is 65.5. The molecule has 10 aliphatic rings. The molecule has 27 heteroatoms. The number of carbonyl (C=O) groups is 5. The van der Waals surface area contributed by atoms with Crippen molar-refractivity contribution < 1.29 is 81.6 Å². The van der Waals surface area contributed by atoms with Crippen molar-refractivity contribution in [1.82, 2.24) is 24.9 Å². The number of thioether (sulfide) groups is 2. The molecule has 4 saturated heterocycles. The molecule has 1 amide bonds. The second kappa shape index (κ2) is 33.7. The number of nitrogens with zero attached hydrogens (tertiary/aromatic N) is 6. The van der Waals surface area contributed by atoms with Gasteiger partial charge in [-0.3, -0.25) is 38.8 Å². The first-order valence-electron chi connectivity index (χ1n) is 38.4. The minimum atomic E-state index is -0.963. The molecular weight excluding hydrogens is 1430 g/mol. The van der Waals surface area contributed by atoms with Gasteiger partial charge in [-0.25, -0.2) is 4.79 Å². The van der Waals surface area contributed by atoms with E-state index < -0.39 is 94.8 Å². The zero-order valence-electron chi connectivity index (χ0n) is 63.9. The van der Waals surface area contributed by atoms with Crippen LogP contribution in [0.1, 0.15) is 212 Å². The van der Waals surface area contributed by atoms with Crippen molar-refractivity contribution in [3.05, 3.63) is 104 Å². The lowest BCUT2D eigenvalue weighted by molar-refractivity contribution is -0.153. The predicted octanol–water partition coefficient (Wildman–Crippen LogP) is 11.9. The van der Waals surface area contributed by atoms with Crippen LogP contribution >= 0.6 is 23.5 Å². The van der Waals surface area contributed by atoms with E-state index in [4.69, 9.17) is 53.1 Å². The minimum absolute atomic E-state index is 0.0328. The zero-order chi connectivity index (χ0) is 77.4. The summed E-state index contributed by atoms with van der Waals surface area (Å²) in [5, 5.41) is 48.1. The van der Waals surface area contributed by atoms with E-state index in [2.05, 4.69) is 57.1 Å². The maximum Gasteiger partial charge on any atom is 0.329 e. The molecular formula is C82H102N8O17S2. The van der Waals surface area contributed by atoms with Gasteiger partial charge in [-0.15, -0.1) is 36.7 Å². The van der Waals surface area contributed by atoms with Crippen molar-refractivity contribution in [2.24, 2.45) is 5.73 Å². The molecule has 0 aromatic heterocycles. The molecule has 4 fully saturated rings. The standard InChI is InChI=1S/C49H66N4O9S.C33H36N4O8S/c1-7-9-10-11-12-13-14-15-16-17-18-19-20-21-37(55)51-33-27-63-48-40-39(47-46(60-28-61-47)30(4)45(40)62-31(5)54)36(26-59-49(33)57)53-35(25-50)34-24-32-23-29(3)44(58-6)43(56)38(32)41(42(48)53)52(34)22-8-2;1-6-7-36-19-9-17-8-14(2)28(41-5)27(39)22(17)25(36)26-32-24-23(31-30(43-13-44-31)15(3)29(24)45-16(4)38)21(37(26)20(19)10-34)11-42-33(40)18(35)12-46-32/h8,23,33-36,41-42,48,56H,2,7,9-22,24,26-28H2,1,3-6H3,(H,51,55);6,8,18-21,25-26,32,39H,1,7,9,11-13,35H2,2-5H3/t33?,34-,35-,36-,41+,42?,48+;18?,19-,20-,21-,25+,26?,32+/m00/s1. The SMILES string of the molecule is C=CCN1[C@@H]2c3c(cc(C)c(OC)c3O)C[C@H]1[C@H](C#N)N1C2[C@@H]2SCC(N)C(=O)OC[C@H]1c1c3c(c(C)c(OC(C)=O)c12)OCO3.C=CCN1[C@@H]2c3c(cc(C)c(OC)c3O)C[C@H]1[C@H](C#N)N1C2[C@@H]2SCC(NC(=O)CCCCCCCCCCCCCCC)C(=O)OC[C@H]1c1c3c(c(C)c(OC(C)=O)c12)OCO3. The van der Waals surface area contributed by atoms with E-state index in [0.717, 1.165) is 47.9 Å². The van der Waals surface area contributed by atoms with E-state index in [0.29, 0.717) is 123 Å². The number of rotatable bonds is 23. The Balaban J connectivity index is 0.000000201. The van der Waals surface area contributed by atoms with Gasteiger partial charge in [0.2, 0.25) is 19.5 Å². The highest BCUT2D eigenvalue weighted by Crippen LogP contribution is 2.67. The van der Waals surface area contributed by atoms with Crippen LogP contribution in [-0.4, -0.2) is 174 Å². The van der Waals surface area contributed by atoms with Crippen molar-refractivity contribution in [3.63, 3.8) is 0 Å². The number of methoxy groups -OCH3 is 2. The lowest BCUT2D eigenvalue weighted by Crippen LogP contribution is -2.70. The normalized spacial score (nSPS) is 26.7. The van der Waals surface area contributed by atoms with Gasteiger partial charge in [-0.1, -0.05) is 108 Å². The molecule has 4 aromatic rings. The fourth-order valence-corrected chi connectivity index (χ4v) is 22.1. The number of nitrogens with two attached hydrogens (primary N) is 1. The molecule has 14 atom stereocenters. The lowest BCUT2D eigenvalue weighted by atomic mass is 9.71. The van der Waals surface area contributed by atoms with Crippen LogP contribution in [0.5, 0.6) is 57.5 Å². The predicted molar refractivity (Wildman–Crippen MR) is 408 cm³/mol. The summed E-state index contributed by atoms with van der Waals surface area (Å²) in [6, 6.07) is 2.01. The molecule has 0 saturated carbocycles. The smallest absolute Gasteiger partial charge is 0.329 e. The number of aromatic hydroxyl groups is 2. The average Bonchev–Trinajstić information content (AvgIpc) is 1.40. The third kappa shape index (κ3) is 14.4. The van der Waals surface area contributed by atoms with Crippen molar-refractivity contribution >= 4 is 53.3 Å². The molecule has 0 radical (unpaired) electrons. The summed E-state index contributed by atoms with van der Waals surface area (Å²) in [7, 11) is 3.07. The van der Waals surface area contributed by atoms with Gasteiger partial charge in [-0.05, 0) is 69.2 Å². The topological polar surface area (TPSA) is 317 Å². The first-order chi connectivity index (χ1) is 52.7. The van der Waals surface area contributed by atoms with Crippen LogP contribution < -0.4 is 48.9 Å². The molecule has 10 aliphatic heterocycles. The monoisotopic (exact) mass is 1530 g/mol. The molecule has 4 aromatic carbocycles. The van der Waals surface area contributed by atoms with Crippen molar-refractivity contribution in [2.45, 2.75) is 234 Å². The Morgan fingerprint density at radius 2 is 1.01 bits per heavy atom. The molecule has 109 heavy (non-hydrogen) atoms. The second-order valence-corrected chi connectivity index (χ2v) is 32.5. The van der Waals surface area contributed by atoms with Gasteiger partial charge in [-0.2, -0.15) is 10.5 Å². The summed E-state index contributed by atoms with van der Waals surface area (Å²) in [4.78, 5) is 75.0. The molecule has 0 spiro atoms. The number of carbonyl (C=O) groups excluding carboxylic acids is 5. The van der Waals surface area contributed by atoms with Gasteiger partial charge in [0.1, 0.15) is 48.9 Å². The first kappa shape index (κ1) is 78.7. The van der Waals surface area contributed by atoms with Crippen LogP contribution in [0.25, 0.3) is 0 Å². The van der Waals surface area contributed by atoms with Crippen molar-refractivity contribution in [1.29, 1.82) is 10.5 Å². The van der Waals surface area contributed by atoms with Gasteiger partial charge < -0.3 is 68.6 Å². The molecule has 25 nitrogen and oxygen atoms in total. The number of hydrogen-bond acceptors (Lipinski definition) is 26. The fraction of sp³-hybridized carbons (Fsp3) is 0.573. The highest BCUT2D eigenvalue weighted by Gasteiger charge is 2.64. The lowest BCUT2D eigenvalue weighted by Gasteiger charge is -2.62. The maximum absolute atomic E-state index is 14.1. The van der Waals surface area contributed by atoms with Crippen LogP contribution in [0.15, 0.2) is 37.4 Å². The van der Waals surface area contributed by atoms with Gasteiger partial charge >= 0.3 is 23.9 Å². The number of piperazine rings is 2. The molecule has 14 rings (SSSR count). The van der Waals surface area contributed by atoms with Gasteiger partial charge in [0.05, 0.1) is 61.0 Å². The van der Waals surface area contributed by atoms with E-state index in [1.54, 1.807) is 6.08 Å². The summed E-state index contributed by atoms with van der Waals surface area (Å²) in [5.41, 5.74) is 15.1. The van der Waals surface area contributed by atoms with Crippen LogP contribution in [0.3, 0.4) is 0 Å². The number of fused-ring (bicyclic) bond motifs is 18. The number of phenols is 2. The van der Waals surface area contributed by atoms with Crippen LogP contribution in [-0.2, 0) is 46.3 Å². The van der Waals surface area contributed by atoms with Gasteiger partial charge in [0, 0.05) is 114 Å². The molecule has 10 heterocycles. The molecule has 5 N–H and O–H groups in total. The van der Waals surface area contributed by atoms with Crippen LogP contribution in [0, 0.1) is 50.4 Å². The van der Waals surface area contributed by atoms with E-state index in [9.17, 15) is 44.7 Å². The first-order valence-corrected chi connectivity index (χ1v) is 40.5.